The second-order valence-electron chi connectivity index (χ2n) is 4.07. The molecule has 0 aromatic carbocycles. The topological polar surface area (TPSA) is 59.4 Å². The lowest BCUT2D eigenvalue weighted by Gasteiger charge is -2.30. The molecule has 5 heteroatoms. The fourth-order valence-corrected chi connectivity index (χ4v) is 1.98. The molecule has 16 heavy (non-hydrogen) atoms. The molecule has 0 saturated carbocycles. The predicted molar refractivity (Wildman–Crippen MR) is 63.4 cm³/mol. The van der Waals surface area contributed by atoms with Crippen LogP contribution in [0.25, 0.3) is 0 Å². The van der Waals surface area contributed by atoms with E-state index in [1.807, 2.05) is 19.9 Å². The summed E-state index contributed by atoms with van der Waals surface area (Å²) in [6.07, 6.45) is 2.41. The number of carboxylic acid groups (broad SMARTS) is 1. The highest BCUT2D eigenvalue weighted by Gasteiger charge is 2.37. The first-order chi connectivity index (χ1) is 7.39. The molecule has 0 fully saturated rings. The zero-order valence-corrected chi connectivity index (χ0v) is 11.0. The number of ether oxygens (including phenoxy) is 1. The molecule has 1 heterocycles. The molecule has 0 aliphatic carbocycles. The van der Waals surface area contributed by atoms with E-state index in [0.29, 0.717) is 0 Å². The summed E-state index contributed by atoms with van der Waals surface area (Å²) in [4.78, 5) is 15.1. The van der Waals surface area contributed by atoms with Gasteiger partial charge in [0.2, 0.25) is 0 Å². The van der Waals surface area contributed by atoms with E-state index in [1.165, 1.54) is 7.11 Å². The van der Waals surface area contributed by atoms with E-state index in [2.05, 4.69) is 20.9 Å². The van der Waals surface area contributed by atoms with Gasteiger partial charge in [0.1, 0.15) is 0 Å². The summed E-state index contributed by atoms with van der Waals surface area (Å²) in [7, 11) is 1.39. The maximum absolute atomic E-state index is 11.1. The maximum atomic E-state index is 11.1. The van der Waals surface area contributed by atoms with E-state index in [1.54, 1.807) is 12.4 Å². The third kappa shape index (κ3) is 2.59. The number of carbonyl (C=O) groups is 1. The Kier molecular flexibility index (Phi) is 4.04. The molecule has 0 amide bonds. The highest BCUT2D eigenvalue weighted by molar-refractivity contribution is 9.10. The van der Waals surface area contributed by atoms with E-state index in [-0.39, 0.29) is 0 Å². The van der Waals surface area contributed by atoms with Crippen molar-refractivity contribution < 1.29 is 14.6 Å². The van der Waals surface area contributed by atoms with Crippen LogP contribution in [0.4, 0.5) is 0 Å². The summed E-state index contributed by atoms with van der Waals surface area (Å²) in [5.41, 5.74) is 0.174. The van der Waals surface area contributed by atoms with Crippen molar-refractivity contribution in [2.24, 2.45) is 0 Å². The van der Waals surface area contributed by atoms with Crippen LogP contribution in [0, 0.1) is 0 Å². The van der Waals surface area contributed by atoms with Gasteiger partial charge in [0, 0.05) is 29.4 Å². The van der Waals surface area contributed by atoms with Crippen LogP contribution in [0.2, 0.25) is 0 Å². The van der Waals surface area contributed by atoms with Gasteiger partial charge in [-0.25, -0.2) is 4.79 Å². The first-order valence-corrected chi connectivity index (χ1v) is 5.55. The molecule has 1 aromatic rings. The largest absolute Gasteiger partial charge is 0.479 e. The standard InChI is InChI=1S/C11H14BrNO3/c1-11(2,9(16-3)10(14)15)7-4-8(12)6-13-5-7/h4-6,9H,1-3H3,(H,14,15). The third-order valence-electron chi connectivity index (χ3n) is 2.56. The lowest BCUT2D eigenvalue weighted by molar-refractivity contribution is -0.152. The minimum Gasteiger partial charge on any atom is -0.479 e. The molecule has 0 saturated heterocycles. The number of nitrogens with zero attached hydrogens (tertiary/aromatic N) is 1. The Morgan fingerprint density at radius 1 is 1.56 bits per heavy atom. The average molecular weight is 288 g/mol. The van der Waals surface area contributed by atoms with Crippen molar-refractivity contribution in [1.29, 1.82) is 0 Å². The molecule has 1 N–H and O–H groups in total. The van der Waals surface area contributed by atoms with Crippen molar-refractivity contribution in [2.75, 3.05) is 7.11 Å². The highest BCUT2D eigenvalue weighted by atomic mass is 79.9. The predicted octanol–water partition coefficient (Wildman–Crippen LogP) is 2.22. The lowest BCUT2D eigenvalue weighted by Crippen LogP contribution is -2.41. The molecular formula is C11H14BrNO3. The molecule has 4 nitrogen and oxygen atoms in total. The van der Waals surface area contributed by atoms with Gasteiger partial charge in [-0.3, -0.25) is 4.98 Å². The molecular weight excluding hydrogens is 274 g/mol. The van der Waals surface area contributed by atoms with Gasteiger partial charge in [-0.1, -0.05) is 13.8 Å². The smallest absolute Gasteiger partial charge is 0.333 e. The quantitative estimate of drug-likeness (QED) is 0.923. The fraction of sp³-hybridized carbons (Fsp3) is 0.455. The molecule has 1 atom stereocenters. The van der Waals surface area contributed by atoms with Gasteiger partial charge in [0.25, 0.3) is 0 Å². The molecule has 1 unspecified atom stereocenters. The Labute approximate surface area is 103 Å². The summed E-state index contributed by atoms with van der Waals surface area (Å²) in [5.74, 6) is -0.979. The number of hydrogen-bond donors (Lipinski definition) is 1. The summed E-state index contributed by atoms with van der Waals surface area (Å²) in [6.45, 7) is 3.64. The van der Waals surface area contributed by atoms with Crippen LogP contribution in [0.15, 0.2) is 22.9 Å². The summed E-state index contributed by atoms with van der Waals surface area (Å²) < 4.78 is 5.85. The minimum absolute atomic E-state index is 0.642. The first-order valence-electron chi connectivity index (χ1n) is 4.76. The second-order valence-corrected chi connectivity index (χ2v) is 4.98. The van der Waals surface area contributed by atoms with Gasteiger partial charge in [-0.15, -0.1) is 0 Å². The molecule has 0 bridgehead atoms. The van der Waals surface area contributed by atoms with Crippen LogP contribution in [0.1, 0.15) is 19.4 Å². The fourth-order valence-electron chi connectivity index (χ4n) is 1.62. The van der Waals surface area contributed by atoms with Crippen molar-refractivity contribution in [1.82, 2.24) is 4.98 Å². The molecule has 0 aliphatic rings. The number of aliphatic carboxylic acids is 1. The van der Waals surface area contributed by atoms with Crippen LogP contribution in [-0.2, 0) is 14.9 Å². The number of rotatable bonds is 4. The molecule has 0 spiro atoms. The van der Waals surface area contributed by atoms with Crippen LogP contribution >= 0.6 is 15.9 Å². The van der Waals surface area contributed by atoms with Crippen molar-refractivity contribution in [3.63, 3.8) is 0 Å². The number of halogens is 1. The SMILES string of the molecule is COC(C(=O)O)C(C)(C)c1cncc(Br)c1. The van der Waals surface area contributed by atoms with Crippen molar-refractivity contribution in [2.45, 2.75) is 25.4 Å². The number of aromatic nitrogens is 1. The zero-order valence-electron chi connectivity index (χ0n) is 9.40. The Balaban J connectivity index is 3.13. The zero-order chi connectivity index (χ0) is 12.3. The van der Waals surface area contributed by atoms with Gasteiger partial charge in [0.05, 0.1) is 0 Å². The van der Waals surface area contributed by atoms with Gasteiger partial charge < -0.3 is 9.84 Å². The normalized spacial score (nSPS) is 13.5. The second kappa shape index (κ2) is 4.93. The van der Waals surface area contributed by atoms with Crippen LogP contribution in [0.5, 0.6) is 0 Å². The van der Waals surface area contributed by atoms with Crippen molar-refractivity contribution in [3.05, 3.63) is 28.5 Å². The summed E-state index contributed by atoms with van der Waals surface area (Å²) >= 11 is 3.31. The molecule has 0 aliphatic heterocycles. The van der Waals surface area contributed by atoms with Crippen molar-refractivity contribution >= 4 is 21.9 Å². The van der Waals surface area contributed by atoms with E-state index in [4.69, 9.17) is 9.84 Å². The number of hydrogen-bond acceptors (Lipinski definition) is 3. The Morgan fingerprint density at radius 3 is 2.62 bits per heavy atom. The average Bonchev–Trinajstić information content (AvgIpc) is 2.17. The van der Waals surface area contributed by atoms with Gasteiger partial charge in [-0.2, -0.15) is 0 Å². The first kappa shape index (κ1) is 13.1. The number of pyridine rings is 1. The van der Waals surface area contributed by atoms with Gasteiger partial charge in [0.15, 0.2) is 6.10 Å². The molecule has 1 rings (SSSR count). The van der Waals surface area contributed by atoms with Gasteiger partial charge >= 0.3 is 5.97 Å². The molecule has 88 valence electrons. The highest BCUT2D eigenvalue weighted by Crippen LogP contribution is 2.30. The van der Waals surface area contributed by atoms with Crippen molar-refractivity contribution in [3.8, 4) is 0 Å². The Bertz CT molecular complexity index is 393. The summed E-state index contributed by atoms with van der Waals surface area (Å²) in [6, 6.07) is 1.85. The van der Waals surface area contributed by atoms with E-state index < -0.39 is 17.5 Å². The number of methoxy groups -OCH3 is 1. The number of carboxylic acids is 1. The monoisotopic (exact) mass is 287 g/mol. The summed E-state index contributed by atoms with van der Waals surface area (Å²) in [5, 5.41) is 9.08. The van der Waals surface area contributed by atoms with Crippen LogP contribution < -0.4 is 0 Å². The van der Waals surface area contributed by atoms with Crippen LogP contribution in [0.3, 0.4) is 0 Å². The molecule has 1 aromatic heterocycles. The Morgan fingerprint density at radius 2 is 2.19 bits per heavy atom. The lowest BCUT2D eigenvalue weighted by atomic mass is 9.80. The van der Waals surface area contributed by atoms with E-state index in [0.717, 1.165) is 10.0 Å². The van der Waals surface area contributed by atoms with E-state index >= 15 is 0 Å². The minimum atomic E-state index is -0.979. The van der Waals surface area contributed by atoms with Gasteiger partial charge in [-0.05, 0) is 27.6 Å². The Hall–Kier alpha value is -0.940. The maximum Gasteiger partial charge on any atom is 0.333 e. The van der Waals surface area contributed by atoms with E-state index in [9.17, 15) is 4.79 Å². The molecule has 0 radical (unpaired) electrons. The third-order valence-corrected chi connectivity index (χ3v) is 3.00. The van der Waals surface area contributed by atoms with Crippen LogP contribution in [-0.4, -0.2) is 29.3 Å².